The van der Waals surface area contributed by atoms with E-state index in [-0.39, 0.29) is 11.8 Å². The molecule has 1 heterocycles. The first kappa shape index (κ1) is 24.7. The first-order valence-electron chi connectivity index (χ1n) is 11.4. The SMILES string of the molecule is CCCn1cc(CN=C(NC(=O)c2ccc(NC(C)=O)cc2)Nc2cc(C)ccc2C)c(C)n1. The van der Waals surface area contributed by atoms with Crippen LogP contribution >= 0.6 is 0 Å². The van der Waals surface area contributed by atoms with Crippen molar-refractivity contribution in [2.24, 2.45) is 4.99 Å². The summed E-state index contributed by atoms with van der Waals surface area (Å²) < 4.78 is 1.92. The van der Waals surface area contributed by atoms with Gasteiger partial charge in [-0.25, -0.2) is 4.99 Å². The van der Waals surface area contributed by atoms with E-state index in [1.807, 2.05) is 49.8 Å². The smallest absolute Gasteiger partial charge is 0.257 e. The maximum absolute atomic E-state index is 13.0. The highest BCUT2D eigenvalue weighted by molar-refractivity contribution is 6.10. The maximum atomic E-state index is 13.0. The number of nitrogens with zero attached hydrogens (tertiary/aromatic N) is 3. The lowest BCUT2D eigenvalue weighted by Crippen LogP contribution is -2.36. The van der Waals surface area contributed by atoms with Crippen LogP contribution < -0.4 is 16.0 Å². The standard InChI is InChI=1S/C26H32N6O2/c1-6-13-32-16-22(19(4)31-32)15-27-26(29-24-14-17(2)7-8-18(24)3)30-25(34)21-9-11-23(12-10-21)28-20(5)33/h7-12,14,16H,6,13,15H2,1-5H3,(H,28,33)(H2,27,29,30,34). The molecule has 0 aliphatic rings. The molecule has 34 heavy (non-hydrogen) atoms. The van der Waals surface area contributed by atoms with E-state index in [1.165, 1.54) is 6.92 Å². The Hall–Kier alpha value is -3.94. The number of nitrogens with one attached hydrogen (secondary N) is 3. The number of amides is 2. The highest BCUT2D eigenvalue weighted by Gasteiger charge is 2.12. The molecule has 0 aliphatic carbocycles. The summed E-state index contributed by atoms with van der Waals surface area (Å²) in [5.41, 5.74) is 6.02. The van der Waals surface area contributed by atoms with Crippen molar-refractivity contribution in [3.05, 3.63) is 76.6 Å². The van der Waals surface area contributed by atoms with Gasteiger partial charge < -0.3 is 10.6 Å². The van der Waals surface area contributed by atoms with E-state index in [0.29, 0.717) is 23.8 Å². The average molecular weight is 461 g/mol. The predicted octanol–water partition coefficient (Wildman–Crippen LogP) is 4.57. The first-order valence-corrected chi connectivity index (χ1v) is 11.4. The fourth-order valence-electron chi connectivity index (χ4n) is 3.42. The van der Waals surface area contributed by atoms with Crippen LogP contribution in [-0.4, -0.2) is 27.6 Å². The average Bonchev–Trinajstić information content (AvgIpc) is 3.13. The van der Waals surface area contributed by atoms with E-state index in [4.69, 9.17) is 0 Å². The number of hydrogen-bond donors (Lipinski definition) is 3. The number of anilines is 2. The van der Waals surface area contributed by atoms with Gasteiger partial charge in [0.2, 0.25) is 11.9 Å². The molecule has 8 nitrogen and oxygen atoms in total. The number of hydrogen-bond acceptors (Lipinski definition) is 4. The number of aliphatic imine (C=N–C) groups is 1. The highest BCUT2D eigenvalue weighted by atomic mass is 16.2. The molecule has 178 valence electrons. The highest BCUT2D eigenvalue weighted by Crippen LogP contribution is 2.17. The van der Waals surface area contributed by atoms with Crippen molar-refractivity contribution >= 4 is 29.1 Å². The monoisotopic (exact) mass is 460 g/mol. The van der Waals surface area contributed by atoms with Crippen LogP contribution in [0.2, 0.25) is 0 Å². The lowest BCUT2D eigenvalue weighted by molar-refractivity contribution is -0.114. The Morgan fingerprint density at radius 2 is 1.76 bits per heavy atom. The minimum absolute atomic E-state index is 0.165. The van der Waals surface area contributed by atoms with E-state index >= 15 is 0 Å². The molecule has 8 heteroatoms. The predicted molar refractivity (Wildman–Crippen MR) is 136 cm³/mol. The van der Waals surface area contributed by atoms with Crippen LogP contribution in [-0.2, 0) is 17.9 Å². The van der Waals surface area contributed by atoms with Crippen LogP contribution in [0.3, 0.4) is 0 Å². The van der Waals surface area contributed by atoms with Crippen LogP contribution in [0.5, 0.6) is 0 Å². The first-order chi connectivity index (χ1) is 16.2. The van der Waals surface area contributed by atoms with E-state index in [1.54, 1.807) is 24.3 Å². The van der Waals surface area contributed by atoms with E-state index in [2.05, 4.69) is 33.0 Å². The molecule has 0 radical (unpaired) electrons. The topological polar surface area (TPSA) is 100 Å². The molecule has 0 saturated heterocycles. The summed E-state index contributed by atoms with van der Waals surface area (Å²) in [7, 11) is 0. The third kappa shape index (κ3) is 6.78. The Morgan fingerprint density at radius 3 is 2.44 bits per heavy atom. The number of carbonyl (C=O) groups is 2. The van der Waals surface area contributed by atoms with Gasteiger partial charge in [-0.05, 0) is 68.7 Å². The Balaban J connectivity index is 1.83. The van der Waals surface area contributed by atoms with Gasteiger partial charge in [0, 0.05) is 42.2 Å². The number of aromatic nitrogens is 2. The van der Waals surface area contributed by atoms with Crippen molar-refractivity contribution < 1.29 is 9.59 Å². The number of guanidine groups is 1. The Kier molecular flexibility index (Phi) is 8.19. The molecule has 1 aromatic heterocycles. The van der Waals surface area contributed by atoms with Gasteiger partial charge in [-0.3, -0.25) is 19.6 Å². The third-order valence-electron chi connectivity index (χ3n) is 5.25. The van der Waals surface area contributed by atoms with E-state index in [0.717, 1.165) is 41.0 Å². The van der Waals surface area contributed by atoms with Gasteiger partial charge in [-0.1, -0.05) is 19.1 Å². The third-order valence-corrected chi connectivity index (χ3v) is 5.25. The maximum Gasteiger partial charge on any atom is 0.257 e. The molecular weight excluding hydrogens is 428 g/mol. The lowest BCUT2D eigenvalue weighted by atomic mass is 10.1. The quantitative estimate of drug-likeness (QED) is 0.355. The van der Waals surface area contributed by atoms with Gasteiger partial charge in [0.1, 0.15) is 0 Å². The Bertz CT molecular complexity index is 1190. The summed E-state index contributed by atoms with van der Waals surface area (Å²) in [5.74, 6) is -0.112. The fraction of sp³-hybridized carbons (Fsp3) is 0.308. The molecule has 0 spiro atoms. The zero-order chi connectivity index (χ0) is 24.7. The van der Waals surface area contributed by atoms with Crippen LogP contribution in [0, 0.1) is 20.8 Å². The molecule has 3 aromatic rings. The molecule has 2 amide bonds. The van der Waals surface area contributed by atoms with Crippen LogP contribution in [0.25, 0.3) is 0 Å². The lowest BCUT2D eigenvalue weighted by Gasteiger charge is -2.14. The zero-order valence-electron chi connectivity index (χ0n) is 20.4. The van der Waals surface area contributed by atoms with E-state index in [9.17, 15) is 9.59 Å². The van der Waals surface area contributed by atoms with Gasteiger partial charge in [0.25, 0.3) is 5.91 Å². The molecule has 3 rings (SSSR count). The minimum atomic E-state index is -0.302. The molecule has 2 aromatic carbocycles. The largest absolute Gasteiger partial charge is 0.326 e. The molecule has 3 N–H and O–H groups in total. The molecule has 0 bridgehead atoms. The molecule has 0 saturated carbocycles. The molecule has 0 unspecified atom stereocenters. The Morgan fingerprint density at radius 1 is 1.03 bits per heavy atom. The fourth-order valence-corrected chi connectivity index (χ4v) is 3.42. The van der Waals surface area contributed by atoms with Crippen molar-refractivity contribution in [1.29, 1.82) is 0 Å². The van der Waals surface area contributed by atoms with Crippen LogP contribution in [0.15, 0.2) is 53.7 Å². The summed E-state index contributed by atoms with van der Waals surface area (Å²) in [6, 6.07) is 12.8. The van der Waals surface area contributed by atoms with Crippen molar-refractivity contribution in [1.82, 2.24) is 15.1 Å². The molecule has 0 aliphatic heterocycles. The van der Waals surface area contributed by atoms with E-state index < -0.39 is 0 Å². The minimum Gasteiger partial charge on any atom is -0.326 e. The second kappa shape index (κ2) is 11.3. The second-order valence-electron chi connectivity index (χ2n) is 8.32. The van der Waals surface area contributed by atoms with Crippen molar-refractivity contribution in [3.8, 4) is 0 Å². The van der Waals surface area contributed by atoms with Gasteiger partial charge in [-0.2, -0.15) is 5.10 Å². The summed E-state index contributed by atoms with van der Waals surface area (Å²) >= 11 is 0. The molecule has 0 fully saturated rings. The normalized spacial score (nSPS) is 11.3. The van der Waals surface area contributed by atoms with Crippen molar-refractivity contribution in [3.63, 3.8) is 0 Å². The van der Waals surface area contributed by atoms with Crippen LogP contribution in [0.1, 0.15) is 53.0 Å². The molecular formula is C26H32N6O2. The van der Waals surface area contributed by atoms with Gasteiger partial charge >= 0.3 is 0 Å². The van der Waals surface area contributed by atoms with Gasteiger partial charge in [0.15, 0.2) is 0 Å². The number of rotatable bonds is 7. The number of benzene rings is 2. The summed E-state index contributed by atoms with van der Waals surface area (Å²) in [4.78, 5) is 28.9. The summed E-state index contributed by atoms with van der Waals surface area (Å²) in [5, 5.41) is 13.4. The van der Waals surface area contributed by atoms with Gasteiger partial charge in [0.05, 0.1) is 12.2 Å². The second-order valence-corrected chi connectivity index (χ2v) is 8.32. The van der Waals surface area contributed by atoms with Crippen LogP contribution in [0.4, 0.5) is 11.4 Å². The summed E-state index contributed by atoms with van der Waals surface area (Å²) in [6.45, 7) is 10.8. The molecule has 0 atom stereocenters. The Labute approximate surface area is 200 Å². The summed E-state index contributed by atoms with van der Waals surface area (Å²) in [6.07, 6.45) is 3.00. The zero-order valence-corrected chi connectivity index (χ0v) is 20.4. The number of aryl methyl sites for hydroxylation is 4. The van der Waals surface area contributed by atoms with Crippen molar-refractivity contribution in [2.75, 3.05) is 10.6 Å². The number of carbonyl (C=O) groups excluding carboxylic acids is 2. The van der Waals surface area contributed by atoms with Gasteiger partial charge in [-0.15, -0.1) is 0 Å². The van der Waals surface area contributed by atoms with Crippen molar-refractivity contribution in [2.45, 2.75) is 54.1 Å².